The van der Waals surface area contributed by atoms with Crippen molar-refractivity contribution in [3.05, 3.63) is 53.9 Å². The van der Waals surface area contributed by atoms with Gasteiger partial charge in [-0.3, -0.25) is 4.68 Å². The lowest BCUT2D eigenvalue weighted by Crippen LogP contribution is -2.16. The summed E-state index contributed by atoms with van der Waals surface area (Å²) in [6, 6.07) is 12.7. The van der Waals surface area contributed by atoms with Crippen LogP contribution in [0.1, 0.15) is 37.1 Å². The summed E-state index contributed by atoms with van der Waals surface area (Å²) in [7, 11) is 0. The molecule has 0 saturated carbocycles. The third-order valence-electron chi connectivity index (χ3n) is 3.25. The summed E-state index contributed by atoms with van der Waals surface area (Å²) in [5.74, 6) is 0. The van der Waals surface area contributed by atoms with Gasteiger partial charge in [0.05, 0.1) is 5.69 Å². The van der Waals surface area contributed by atoms with Gasteiger partial charge in [0, 0.05) is 18.8 Å². The van der Waals surface area contributed by atoms with E-state index in [4.69, 9.17) is 5.73 Å². The van der Waals surface area contributed by atoms with Crippen LogP contribution in [0.15, 0.2) is 42.6 Å². The highest BCUT2D eigenvalue weighted by Crippen LogP contribution is 2.17. The van der Waals surface area contributed by atoms with Crippen molar-refractivity contribution in [1.82, 2.24) is 9.78 Å². The van der Waals surface area contributed by atoms with Crippen LogP contribution >= 0.6 is 0 Å². The topological polar surface area (TPSA) is 43.8 Å². The molecule has 0 aliphatic carbocycles. The smallest absolute Gasteiger partial charge is 0.0551 e. The lowest BCUT2D eigenvalue weighted by atomic mass is 10.0. The lowest BCUT2D eigenvalue weighted by Gasteiger charge is -2.13. The van der Waals surface area contributed by atoms with Crippen molar-refractivity contribution in [2.24, 2.45) is 5.73 Å². The van der Waals surface area contributed by atoms with Gasteiger partial charge < -0.3 is 5.73 Å². The molecule has 1 heterocycles. The summed E-state index contributed by atoms with van der Waals surface area (Å²) in [4.78, 5) is 0. The SMILES string of the molecule is CCn1nccc1C(N)CCCc1ccccc1. The molecule has 1 aromatic carbocycles. The maximum Gasteiger partial charge on any atom is 0.0551 e. The van der Waals surface area contributed by atoms with E-state index in [0.717, 1.165) is 31.5 Å². The molecule has 0 fully saturated rings. The van der Waals surface area contributed by atoms with E-state index < -0.39 is 0 Å². The number of rotatable bonds is 6. The second kappa shape index (κ2) is 6.36. The number of aryl methyl sites for hydroxylation is 2. The van der Waals surface area contributed by atoms with Crippen molar-refractivity contribution in [2.75, 3.05) is 0 Å². The molecule has 3 nitrogen and oxygen atoms in total. The molecule has 2 N–H and O–H groups in total. The van der Waals surface area contributed by atoms with E-state index in [9.17, 15) is 0 Å². The van der Waals surface area contributed by atoms with E-state index in [2.05, 4.69) is 42.4 Å². The minimum Gasteiger partial charge on any atom is -0.323 e. The van der Waals surface area contributed by atoms with Gasteiger partial charge in [-0.15, -0.1) is 0 Å². The highest BCUT2D eigenvalue weighted by Gasteiger charge is 2.10. The average molecular weight is 243 g/mol. The molecule has 1 atom stereocenters. The predicted molar refractivity (Wildman–Crippen MR) is 74.2 cm³/mol. The Morgan fingerprint density at radius 2 is 2.00 bits per heavy atom. The molecule has 0 spiro atoms. The molecular formula is C15H21N3. The first-order valence-corrected chi connectivity index (χ1v) is 6.62. The Balaban J connectivity index is 1.84. The van der Waals surface area contributed by atoms with Crippen molar-refractivity contribution in [3.63, 3.8) is 0 Å². The monoisotopic (exact) mass is 243 g/mol. The third kappa shape index (κ3) is 3.20. The molecule has 2 rings (SSSR count). The van der Waals surface area contributed by atoms with Gasteiger partial charge in [-0.05, 0) is 37.8 Å². The van der Waals surface area contributed by atoms with Gasteiger partial charge in [0.25, 0.3) is 0 Å². The van der Waals surface area contributed by atoms with Crippen LogP contribution in [-0.4, -0.2) is 9.78 Å². The lowest BCUT2D eigenvalue weighted by molar-refractivity contribution is 0.533. The molecule has 96 valence electrons. The molecule has 0 aliphatic heterocycles. The normalized spacial score (nSPS) is 12.6. The van der Waals surface area contributed by atoms with Crippen molar-refractivity contribution < 1.29 is 0 Å². The molecule has 0 bridgehead atoms. The Kier molecular flexibility index (Phi) is 4.53. The van der Waals surface area contributed by atoms with Gasteiger partial charge in [0.2, 0.25) is 0 Å². The van der Waals surface area contributed by atoms with Gasteiger partial charge in [-0.2, -0.15) is 5.10 Å². The van der Waals surface area contributed by atoms with E-state index in [0.29, 0.717) is 0 Å². The van der Waals surface area contributed by atoms with Crippen LogP contribution in [0.25, 0.3) is 0 Å². The third-order valence-corrected chi connectivity index (χ3v) is 3.25. The van der Waals surface area contributed by atoms with Crippen molar-refractivity contribution in [2.45, 2.75) is 38.8 Å². The average Bonchev–Trinajstić information content (AvgIpc) is 2.88. The predicted octanol–water partition coefficient (Wildman–Crippen LogP) is 2.93. The van der Waals surface area contributed by atoms with Crippen molar-refractivity contribution in [3.8, 4) is 0 Å². The van der Waals surface area contributed by atoms with Gasteiger partial charge >= 0.3 is 0 Å². The standard InChI is InChI=1S/C15H21N3/c1-2-18-15(11-12-17-18)14(16)10-6-9-13-7-4-3-5-8-13/h3-5,7-8,11-12,14H,2,6,9-10,16H2,1H3. The van der Waals surface area contributed by atoms with E-state index in [1.165, 1.54) is 5.56 Å². The molecule has 1 aromatic heterocycles. The Morgan fingerprint density at radius 1 is 1.22 bits per heavy atom. The first kappa shape index (κ1) is 12.8. The van der Waals surface area contributed by atoms with Gasteiger partial charge in [0.15, 0.2) is 0 Å². The summed E-state index contributed by atoms with van der Waals surface area (Å²) in [5.41, 5.74) is 8.75. The molecule has 0 radical (unpaired) electrons. The van der Waals surface area contributed by atoms with E-state index in [-0.39, 0.29) is 6.04 Å². The zero-order valence-corrected chi connectivity index (χ0v) is 10.9. The van der Waals surface area contributed by atoms with Crippen molar-refractivity contribution in [1.29, 1.82) is 0 Å². The van der Waals surface area contributed by atoms with Crippen molar-refractivity contribution >= 4 is 0 Å². The number of nitrogens with two attached hydrogens (primary N) is 1. The van der Waals surface area contributed by atoms with E-state index in [1.807, 2.05) is 16.9 Å². The van der Waals surface area contributed by atoms with Crippen LogP contribution in [0.4, 0.5) is 0 Å². The maximum absolute atomic E-state index is 6.22. The zero-order valence-electron chi connectivity index (χ0n) is 10.9. The Morgan fingerprint density at radius 3 is 2.72 bits per heavy atom. The Hall–Kier alpha value is -1.61. The molecule has 0 amide bonds. The summed E-state index contributed by atoms with van der Waals surface area (Å²) in [6.07, 6.45) is 5.03. The fraction of sp³-hybridized carbons (Fsp3) is 0.400. The zero-order chi connectivity index (χ0) is 12.8. The molecular weight excluding hydrogens is 222 g/mol. The maximum atomic E-state index is 6.22. The number of benzene rings is 1. The van der Waals surface area contributed by atoms with Crippen LogP contribution < -0.4 is 5.73 Å². The fourth-order valence-corrected chi connectivity index (χ4v) is 2.24. The van der Waals surface area contributed by atoms with Gasteiger partial charge in [-0.25, -0.2) is 0 Å². The van der Waals surface area contributed by atoms with E-state index >= 15 is 0 Å². The molecule has 3 heteroatoms. The Labute approximate surface area is 109 Å². The highest BCUT2D eigenvalue weighted by atomic mass is 15.3. The Bertz CT molecular complexity index is 462. The highest BCUT2D eigenvalue weighted by molar-refractivity contribution is 5.14. The molecule has 0 saturated heterocycles. The fourth-order valence-electron chi connectivity index (χ4n) is 2.24. The summed E-state index contributed by atoms with van der Waals surface area (Å²) >= 11 is 0. The molecule has 1 unspecified atom stereocenters. The summed E-state index contributed by atoms with van der Waals surface area (Å²) in [6.45, 7) is 2.97. The van der Waals surface area contributed by atoms with Crippen LogP contribution in [0.5, 0.6) is 0 Å². The quantitative estimate of drug-likeness (QED) is 0.847. The summed E-state index contributed by atoms with van der Waals surface area (Å²) in [5, 5.41) is 4.26. The van der Waals surface area contributed by atoms with Crippen LogP contribution in [0.2, 0.25) is 0 Å². The first-order chi connectivity index (χ1) is 8.81. The second-order valence-electron chi connectivity index (χ2n) is 4.56. The summed E-state index contributed by atoms with van der Waals surface area (Å²) < 4.78 is 1.98. The largest absolute Gasteiger partial charge is 0.323 e. The molecule has 0 aliphatic rings. The molecule has 18 heavy (non-hydrogen) atoms. The van der Waals surface area contributed by atoms with Gasteiger partial charge in [-0.1, -0.05) is 30.3 Å². The number of hydrogen-bond acceptors (Lipinski definition) is 2. The van der Waals surface area contributed by atoms with Crippen LogP contribution in [-0.2, 0) is 13.0 Å². The van der Waals surface area contributed by atoms with Gasteiger partial charge in [0.1, 0.15) is 0 Å². The molecule has 2 aromatic rings. The number of hydrogen-bond donors (Lipinski definition) is 1. The minimum atomic E-state index is 0.0937. The minimum absolute atomic E-state index is 0.0937. The first-order valence-electron chi connectivity index (χ1n) is 6.62. The van der Waals surface area contributed by atoms with E-state index in [1.54, 1.807) is 0 Å². The number of nitrogens with zero attached hydrogens (tertiary/aromatic N) is 2. The van der Waals surface area contributed by atoms with Crippen LogP contribution in [0.3, 0.4) is 0 Å². The second-order valence-corrected chi connectivity index (χ2v) is 4.56. The van der Waals surface area contributed by atoms with Crippen LogP contribution in [0, 0.1) is 0 Å². The number of aromatic nitrogens is 2.